The van der Waals surface area contributed by atoms with E-state index in [1.165, 1.54) is 35.8 Å². The molecule has 1 aromatic heterocycles. The van der Waals surface area contributed by atoms with E-state index in [1.54, 1.807) is 6.07 Å². The summed E-state index contributed by atoms with van der Waals surface area (Å²) in [5.41, 5.74) is 4.96. The maximum absolute atomic E-state index is 13.9. The normalized spacial score (nSPS) is 16.3. The molecule has 0 spiro atoms. The number of rotatable bonds is 3. The highest BCUT2D eigenvalue weighted by Crippen LogP contribution is 2.35. The molecule has 3 aromatic rings. The van der Waals surface area contributed by atoms with Gasteiger partial charge in [0, 0.05) is 22.2 Å². The standard InChI is InChI=1S/C21H21FN2O2/c1-12-6-8-17-15(10-12)14-4-3-5-18(20(14)23-17)24-21(25)13-7-9-19(26-2)16(22)11-13/h6-11,18,23H,3-5H2,1-2H3,(H,24,25). The molecule has 0 saturated carbocycles. The zero-order chi connectivity index (χ0) is 18.3. The van der Waals surface area contributed by atoms with Crippen LogP contribution in [0, 0.1) is 12.7 Å². The van der Waals surface area contributed by atoms with Gasteiger partial charge in [-0.3, -0.25) is 4.79 Å². The van der Waals surface area contributed by atoms with Crippen molar-refractivity contribution in [1.29, 1.82) is 0 Å². The lowest BCUT2D eigenvalue weighted by Gasteiger charge is -2.24. The zero-order valence-electron chi connectivity index (χ0n) is 14.9. The van der Waals surface area contributed by atoms with Crippen molar-refractivity contribution in [2.24, 2.45) is 0 Å². The number of hydrogen-bond acceptors (Lipinski definition) is 2. The van der Waals surface area contributed by atoms with Crippen LogP contribution in [0.4, 0.5) is 4.39 Å². The summed E-state index contributed by atoms with van der Waals surface area (Å²) < 4.78 is 18.8. The number of carbonyl (C=O) groups excluding carboxylic acids is 1. The maximum atomic E-state index is 13.9. The van der Waals surface area contributed by atoms with Crippen LogP contribution in [0.2, 0.25) is 0 Å². The van der Waals surface area contributed by atoms with Gasteiger partial charge < -0.3 is 15.0 Å². The molecule has 1 unspecified atom stereocenters. The van der Waals surface area contributed by atoms with Crippen LogP contribution in [0.3, 0.4) is 0 Å². The molecule has 2 aromatic carbocycles. The van der Waals surface area contributed by atoms with Gasteiger partial charge in [0.05, 0.1) is 13.2 Å². The second-order valence-corrected chi connectivity index (χ2v) is 6.83. The molecule has 134 valence electrons. The third-order valence-electron chi connectivity index (χ3n) is 5.08. The van der Waals surface area contributed by atoms with Crippen LogP contribution in [0.1, 0.15) is 46.1 Å². The molecule has 0 aliphatic heterocycles. The summed E-state index contributed by atoms with van der Waals surface area (Å²) in [6, 6.07) is 10.5. The second-order valence-electron chi connectivity index (χ2n) is 6.83. The van der Waals surface area contributed by atoms with Crippen molar-refractivity contribution < 1.29 is 13.9 Å². The van der Waals surface area contributed by atoms with E-state index in [-0.39, 0.29) is 17.7 Å². The molecule has 5 heteroatoms. The van der Waals surface area contributed by atoms with Crippen LogP contribution in [0.5, 0.6) is 5.75 Å². The van der Waals surface area contributed by atoms with Crippen molar-refractivity contribution in [2.75, 3.05) is 7.11 Å². The van der Waals surface area contributed by atoms with E-state index in [2.05, 4.69) is 35.4 Å². The average Bonchev–Trinajstić information content (AvgIpc) is 3.00. The number of benzene rings is 2. The van der Waals surface area contributed by atoms with Crippen LogP contribution in [0.15, 0.2) is 36.4 Å². The van der Waals surface area contributed by atoms with Gasteiger partial charge in [0.1, 0.15) is 0 Å². The molecule has 1 aliphatic rings. The molecular weight excluding hydrogens is 331 g/mol. The monoisotopic (exact) mass is 352 g/mol. The van der Waals surface area contributed by atoms with Crippen molar-refractivity contribution in [1.82, 2.24) is 10.3 Å². The summed E-state index contributed by atoms with van der Waals surface area (Å²) in [6.45, 7) is 2.08. The number of aromatic nitrogens is 1. The van der Waals surface area contributed by atoms with Gasteiger partial charge in [-0.1, -0.05) is 11.6 Å². The van der Waals surface area contributed by atoms with Crippen LogP contribution >= 0.6 is 0 Å². The number of hydrogen-bond donors (Lipinski definition) is 2. The van der Waals surface area contributed by atoms with E-state index >= 15 is 0 Å². The number of carbonyl (C=O) groups is 1. The van der Waals surface area contributed by atoms with Crippen molar-refractivity contribution in [3.05, 3.63) is 64.6 Å². The van der Waals surface area contributed by atoms with Crippen LogP contribution in [-0.2, 0) is 6.42 Å². The van der Waals surface area contributed by atoms with Gasteiger partial charge in [0.15, 0.2) is 11.6 Å². The largest absolute Gasteiger partial charge is 0.494 e. The van der Waals surface area contributed by atoms with Crippen molar-refractivity contribution in [3.63, 3.8) is 0 Å². The summed E-state index contributed by atoms with van der Waals surface area (Å²) in [6.07, 6.45) is 2.88. The highest BCUT2D eigenvalue weighted by Gasteiger charge is 2.26. The second kappa shape index (κ2) is 6.48. The van der Waals surface area contributed by atoms with Crippen LogP contribution in [0.25, 0.3) is 10.9 Å². The maximum Gasteiger partial charge on any atom is 0.251 e. The first-order valence-electron chi connectivity index (χ1n) is 8.82. The molecule has 1 amide bonds. The van der Waals surface area contributed by atoms with Crippen molar-refractivity contribution in [2.45, 2.75) is 32.2 Å². The lowest BCUT2D eigenvalue weighted by atomic mass is 9.91. The molecule has 0 saturated heterocycles. The van der Waals surface area contributed by atoms with E-state index in [9.17, 15) is 9.18 Å². The van der Waals surface area contributed by atoms with E-state index in [4.69, 9.17) is 4.74 Å². The quantitative estimate of drug-likeness (QED) is 0.733. The summed E-state index contributed by atoms with van der Waals surface area (Å²) in [5.74, 6) is -0.683. The topological polar surface area (TPSA) is 54.1 Å². The number of H-pyrrole nitrogens is 1. The summed E-state index contributed by atoms with van der Waals surface area (Å²) in [4.78, 5) is 16.1. The lowest BCUT2D eigenvalue weighted by molar-refractivity contribution is 0.0931. The molecule has 4 rings (SSSR count). The Hall–Kier alpha value is -2.82. The molecule has 26 heavy (non-hydrogen) atoms. The summed E-state index contributed by atoms with van der Waals surface area (Å²) >= 11 is 0. The number of aromatic amines is 1. The number of aryl methyl sites for hydroxylation is 2. The Balaban J connectivity index is 1.63. The first-order valence-corrected chi connectivity index (χ1v) is 8.82. The number of ether oxygens (including phenoxy) is 1. The molecule has 1 atom stereocenters. The van der Waals surface area contributed by atoms with Gasteiger partial charge >= 0.3 is 0 Å². The molecule has 0 fully saturated rings. The number of amides is 1. The molecule has 1 aliphatic carbocycles. The fraction of sp³-hybridized carbons (Fsp3) is 0.286. The van der Waals surface area contributed by atoms with Gasteiger partial charge in [-0.25, -0.2) is 4.39 Å². The highest BCUT2D eigenvalue weighted by atomic mass is 19.1. The third kappa shape index (κ3) is 2.83. The number of fused-ring (bicyclic) bond motifs is 3. The average molecular weight is 352 g/mol. The molecule has 1 heterocycles. The van der Waals surface area contributed by atoms with E-state index in [0.717, 1.165) is 30.5 Å². The SMILES string of the molecule is COc1ccc(C(=O)NC2CCCc3c2[nH]c2ccc(C)cc32)cc1F. The number of halogens is 1. The fourth-order valence-corrected chi connectivity index (χ4v) is 3.77. The molecule has 2 N–H and O–H groups in total. The van der Waals surface area contributed by atoms with Gasteiger partial charge in [-0.15, -0.1) is 0 Å². The molecule has 0 bridgehead atoms. The number of methoxy groups -OCH3 is 1. The molecular formula is C21H21FN2O2. The Labute approximate surface area is 151 Å². The minimum absolute atomic E-state index is 0.0934. The van der Waals surface area contributed by atoms with E-state index in [1.807, 2.05) is 0 Å². The number of nitrogens with one attached hydrogen (secondary N) is 2. The highest BCUT2D eigenvalue weighted by molar-refractivity contribution is 5.95. The van der Waals surface area contributed by atoms with Crippen LogP contribution in [-0.4, -0.2) is 18.0 Å². The first-order chi connectivity index (χ1) is 12.6. The minimum atomic E-state index is -0.537. The summed E-state index contributed by atoms with van der Waals surface area (Å²) in [5, 5.41) is 4.28. The van der Waals surface area contributed by atoms with Crippen LogP contribution < -0.4 is 10.1 Å². The van der Waals surface area contributed by atoms with Crippen molar-refractivity contribution >= 4 is 16.8 Å². The Kier molecular flexibility index (Phi) is 4.15. The third-order valence-corrected chi connectivity index (χ3v) is 5.08. The lowest BCUT2D eigenvalue weighted by Crippen LogP contribution is -2.31. The zero-order valence-corrected chi connectivity index (χ0v) is 14.9. The van der Waals surface area contributed by atoms with E-state index < -0.39 is 5.82 Å². The van der Waals surface area contributed by atoms with Gasteiger partial charge in [0.2, 0.25) is 0 Å². The Bertz CT molecular complexity index is 993. The Morgan fingerprint density at radius 1 is 1.27 bits per heavy atom. The molecule has 4 nitrogen and oxygen atoms in total. The predicted molar refractivity (Wildman–Crippen MR) is 99.1 cm³/mol. The first kappa shape index (κ1) is 16.6. The Morgan fingerprint density at radius 2 is 2.12 bits per heavy atom. The smallest absolute Gasteiger partial charge is 0.251 e. The molecule has 0 radical (unpaired) electrons. The van der Waals surface area contributed by atoms with Gasteiger partial charge in [-0.05, 0) is 62.1 Å². The van der Waals surface area contributed by atoms with Crippen molar-refractivity contribution in [3.8, 4) is 5.75 Å². The summed E-state index contributed by atoms with van der Waals surface area (Å²) in [7, 11) is 1.40. The fourth-order valence-electron chi connectivity index (χ4n) is 3.77. The Morgan fingerprint density at radius 3 is 2.88 bits per heavy atom. The minimum Gasteiger partial charge on any atom is -0.494 e. The van der Waals surface area contributed by atoms with Gasteiger partial charge in [-0.2, -0.15) is 0 Å². The van der Waals surface area contributed by atoms with E-state index in [0.29, 0.717) is 5.56 Å². The predicted octanol–water partition coefficient (Wildman–Crippen LogP) is 4.43. The van der Waals surface area contributed by atoms with Gasteiger partial charge in [0.25, 0.3) is 5.91 Å².